The Labute approximate surface area is 113 Å². The summed E-state index contributed by atoms with van der Waals surface area (Å²) in [6.45, 7) is 4.02. The highest BCUT2D eigenvalue weighted by atomic mass is 16.5. The normalized spacial score (nSPS) is 10.5. The van der Waals surface area contributed by atoms with Crippen LogP contribution in [0.4, 0.5) is 0 Å². The third kappa shape index (κ3) is 2.99. The first-order valence-corrected chi connectivity index (χ1v) is 6.25. The summed E-state index contributed by atoms with van der Waals surface area (Å²) in [5.74, 6) is 2.30. The number of phenolic OH excluding ortho intramolecular Hbond substituents is 1. The summed E-state index contributed by atoms with van der Waals surface area (Å²) in [6.07, 6.45) is 0. The summed E-state index contributed by atoms with van der Waals surface area (Å²) in [4.78, 5) is 0. The monoisotopic (exact) mass is 258 g/mol. The molecule has 0 heterocycles. The Hall–Kier alpha value is -2.16. The molecule has 0 aliphatic heterocycles. The van der Waals surface area contributed by atoms with E-state index < -0.39 is 0 Å². The lowest BCUT2D eigenvalue weighted by molar-refractivity contribution is 0.389. The van der Waals surface area contributed by atoms with Crippen LogP contribution in [0, 0.1) is 0 Å². The van der Waals surface area contributed by atoms with Crippen molar-refractivity contribution < 1.29 is 14.6 Å². The van der Waals surface area contributed by atoms with E-state index in [4.69, 9.17) is 9.47 Å². The molecule has 3 heteroatoms. The molecule has 0 aliphatic rings. The van der Waals surface area contributed by atoms with Crippen molar-refractivity contribution in [3.05, 3.63) is 48.0 Å². The average molecular weight is 258 g/mol. The zero-order valence-electron chi connectivity index (χ0n) is 11.4. The fourth-order valence-corrected chi connectivity index (χ4v) is 2.02. The van der Waals surface area contributed by atoms with Crippen LogP contribution in [0.25, 0.3) is 0 Å². The van der Waals surface area contributed by atoms with Gasteiger partial charge < -0.3 is 14.6 Å². The minimum atomic E-state index is 0.181. The molecular weight excluding hydrogens is 240 g/mol. The largest absolute Gasteiger partial charge is 0.507 e. The molecule has 3 nitrogen and oxygen atoms in total. The SMILES string of the molecule is COc1cc(Oc2ccccc2)cc(O)c1C(C)C. The number of benzene rings is 2. The van der Waals surface area contributed by atoms with Gasteiger partial charge in [0.1, 0.15) is 23.0 Å². The Kier molecular flexibility index (Phi) is 3.95. The lowest BCUT2D eigenvalue weighted by atomic mass is 10.0. The van der Waals surface area contributed by atoms with Crippen LogP contribution in [0.3, 0.4) is 0 Å². The van der Waals surface area contributed by atoms with Gasteiger partial charge in [-0.2, -0.15) is 0 Å². The van der Waals surface area contributed by atoms with E-state index in [1.54, 1.807) is 19.2 Å². The molecule has 0 aromatic heterocycles. The molecule has 0 atom stereocenters. The topological polar surface area (TPSA) is 38.7 Å². The molecule has 1 N–H and O–H groups in total. The van der Waals surface area contributed by atoms with Gasteiger partial charge in [0.05, 0.1) is 7.11 Å². The van der Waals surface area contributed by atoms with Crippen LogP contribution in [-0.2, 0) is 0 Å². The van der Waals surface area contributed by atoms with Crippen molar-refractivity contribution in [3.8, 4) is 23.0 Å². The lowest BCUT2D eigenvalue weighted by Crippen LogP contribution is -1.96. The van der Waals surface area contributed by atoms with Crippen molar-refractivity contribution in [3.63, 3.8) is 0 Å². The van der Waals surface area contributed by atoms with Crippen LogP contribution >= 0.6 is 0 Å². The third-order valence-electron chi connectivity index (χ3n) is 2.87. The van der Waals surface area contributed by atoms with Gasteiger partial charge in [-0.25, -0.2) is 0 Å². The second-order valence-corrected chi connectivity index (χ2v) is 4.63. The van der Waals surface area contributed by atoms with Crippen molar-refractivity contribution in [2.45, 2.75) is 19.8 Å². The van der Waals surface area contributed by atoms with Crippen LogP contribution < -0.4 is 9.47 Å². The lowest BCUT2D eigenvalue weighted by Gasteiger charge is -2.15. The van der Waals surface area contributed by atoms with Gasteiger partial charge >= 0.3 is 0 Å². The predicted octanol–water partition coefficient (Wildman–Crippen LogP) is 4.32. The maximum Gasteiger partial charge on any atom is 0.134 e. The van der Waals surface area contributed by atoms with Gasteiger partial charge in [0.2, 0.25) is 0 Å². The van der Waals surface area contributed by atoms with E-state index in [1.807, 2.05) is 44.2 Å². The highest BCUT2D eigenvalue weighted by Crippen LogP contribution is 2.39. The van der Waals surface area contributed by atoms with Crippen LogP contribution in [0.15, 0.2) is 42.5 Å². The van der Waals surface area contributed by atoms with Gasteiger partial charge in [0, 0.05) is 17.7 Å². The van der Waals surface area contributed by atoms with E-state index in [1.165, 1.54) is 0 Å². The number of phenols is 1. The van der Waals surface area contributed by atoms with Gasteiger partial charge in [-0.15, -0.1) is 0 Å². The van der Waals surface area contributed by atoms with Gasteiger partial charge in [-0.1, -0.05) is 32.0 Å². The highest BCUT2D eigenvalue weighted by Gasteiger charge is 2.15. The Balaban J connectivity index is 2.36. The number of aromatic hydroxyl groups is 1. The van der Waals surface area contributed by atoms with Crippen LogP contribution in [0.5, 0.6) is 23.0 Å². The standard InChI is InChI=1S/C16H18O3/c1-11(2)16-14(17)9-13(10-15(16)18-3)19-12-7-5-4-6-8-12/h4-11,17H,1-3H3. The molecule has 0 radical (unpaired) electrons. The van der Waals surface area contributed by atoms with Crippen LogP contribution in [-0.4, -0.2) is 12.2 Å². The van der Waals surface area contributed by atoms with Crippen molar-refractivity contribution in [1.29, 1.82) is 0 Å². The highest BCUT2D eigenvalue weighted by molar-refractivity contribution is 5.52. The van der Waals surface area contributed by atoms with E-state index in [0.717, 1.165) is 11.3 Å². The van der Waals surface area contributed by atoms with Gasteiger partial charge in [0.15, 0.2) is 0 Å². The number of methoxy groups -OCH3 is 1. The summed E-state index contributed by atoms with van der Waals surface area (Å²) >= 11 is 0. The first kappa shape index (κ1) is 13.3. The Morgan fingerprint density at radius 2 is 1.68 bits per heavy atom. The molecular formula is C16H18O3. The minimum absolute atomic E-state index is 0.181. The van der Waals surface area contributed by atoms with Crippen molar-refractivity contribution in [2.24, 2.45) is 0 Å². The van der Waals surface area contributed by atoms with Crippen LogP contribution in [0.2, 0.25) is 0 Å². The molecule has 0 spiro atoms. The molecule has 0 bridgehead atoms. The van der Waals surface area contributed by atoms with E-state index >= 15 is 0 Å². The molecule has 2 rings (SSSR count). The van der Waals surface area contributed by atoms with E-state index in [2.05, 4.69) is 0 Å². The van der Waals surface area contributed by atoms with Crippen molar-refractivity contribution in [2.75, 3.05) is 7.11 Å². The molecule has 2 aromatic rings. The summed E-state index contributed by atoms with van der Waals surface area (Å²) in [5, 5.41) is 10.1. The average Bonchev–Trinajstić information content (AvgIpc) is 2.38. The number of ether oxygens (including phenoxy) is 2. The molecule has 0 unspecified atom stereocenters. The zero-order valence-corrected chi connectivity index (χ0v) is 11.4. The fourth-order valence-electron chi connectivity index (χ4n) is 2.02. The first-order valence-electron chi connectivity index (χ1n) is 6.25. The van der Waals surface area contributed by atoms with E-state index in [-0.39, 0.29) is 11.7 Å². The summed E-state index contributed by atoms with van der Waals surface area (Å²) < 4.78 is 11.0. The summed E-state index contributed by atoms with van der Waals surface area (Å²) in [6, 6.07) is 12.9. The predicted molar refractivity (Wildman–Crippen MR) is 75.3 cm³/mol. The smallest absolute Gasteiger partial charge is 0.134 e. The molecule has 0 saturated heterocycles. The quantitative estimate of drug-likeness (QED) is 0.887. The Bertz CT molecular complexity index is 547. The van der Waals surface area contributed by atoms with Crippen LogP contribution in [0.1, 0.15) is 25.3 Å². The number of hydrogen-bond acceptors (Lipinski definition) is 3. The zero-order chi connectivity index (χ0) is 13.8. The minimum Gasteiger partial charge on any atom is -0.507 e. The molecule has 0 aliphatic carbocycles. The maximum absolute atomic E-state index is 10.1. The van der Waals surface area contributed by atoms with E-state index in [0.29, 0.717) is 11.5 Å². The third-order valence-corrected chi connectivity index (χ3v) is 2.87. The van der Waals surface area contributed by atoms with Crippen molar-refractivity contribution in [1.82, 2.24) is 0 Å². The van der Waals surface area contributed by atoms with Crippen molar-refractivity contribution >= 4 is 0 Å². The molecule has 0 saturated carbocycles. The van der Waals surface area contributed by atoms with Gasteiger partial charge in [-0.05, 0) is 18.1 Å². The van der Waals surface area contributed by atoms with E-state index in [9.17, 15) is 5.11 Å². The maximum atomic E-state index is 10.1. The molecule has 19 heavy (non-hydrogen) atoms. The number of hydrogen-bond donors (Lipinski definition) is 1. The summed E-state index contributed by atoms with van der Waals surface area (Å²) in [5.41, 5.74) is 0.794. The molecule has 0 amide bonds. The van der Waals surface area contributed by atoms with Gasteiger partial charge in [0.25, 0.3) is 0 Å². The van der Waals surface area contributed by atoms with Gasteiger partial charge in [-0.3, -0.25) is 0 Å². The Morgan fingerprint density at radius 1 is 1.00 bits per heavy atom. The second-order valence-electron chi connectivity index (χ2n) is 4.63. The fraction of sp³-hybridized carbons (Fsp3) is 0.250. The Morgan fingerprint density at radius 3 is 2.26 bits per heavy atom. The summed E-state index contributed by atoms with van der Waals surface area (Å²) in [7, 11) is 1.59. The molecule has 100 valence electrons. The number of para-hydroxylation sites is 1. The number of rotatable bonds is 4. The first-order chi connectivity index (χ1) is 9.11. The second kappa shape index (κ2) is 5.65. The molecule has 0 fully saturated rings. The molecule has 2 aromatic carbocycles.